The smallest absolute Gasteiger partial charge is 0.357 e. The molecule has 0 saturated carbocycles. The van der Waals surface area contributed by atoms with Gasteiger partial charge in [-0.05, 0) is 19.4 Å². The highest BCUT2D eigenvalue weighted by Crippen LogP contribution is 2.00. The van der Waals surface area contributed by atoms with Crippen LogP contribution >= 0.6 is 0 Å². The van der Waals surface area contributed by atoms with Crippen molar-refractivity contribution in [3.05, 3.63) is 11.8 Å². The molecule has 0 aliphatic heterocycles. The molecule has 0 aromatic rings. The zero-order valence-electron chi connectivity index (χ0n) is 7.28. The molecule has 12 heavy (non-hydrogen) atoms. The number of ether oxygens (including phenoxy) is 1. The molecule has 1 unspecified atom stereocenters. The molecule has 0 amide bonds. The first kappa shape index (κ1) is 11.6. The summed E-state index contributed by atoms with van der Waals surface area (Å²) < 4.78 is 28.2. The van der Waals surface area contributed by atoms with Crippen molar-refractivity contribution in [2.24, 2.45) is 0 Å². The van der Waals surface area contributed by atoms with Gasteiger partial charge in [0.2, 0.25) is 0 Å². The number of hydrogen-bond donors (Lipinski definition) is 1. The molecule has 1 atom stereocenters. The summed E-state index contributed by atoms with van der Waals surface area (Å²) >= 11 is -2.25. The van der Waals surface area contributed by atoms with Crippen molar-refractivity contribution in [2.75, 3.05) is 13.2 Å². The second kappa shape index (κ2) is 7.27. The first-order chi connectivity index (χ1) is 5.70. The van der Waals surface area contributed by atoms with Crippen LogP contribution in [0.4, 0.5) is 0 Å². The fourth-order valence-electron chi connectivity index (χ4n) is 0.564. The number of hydrogen-bond acceptors (Lipinski definition) is 3. The lowest BCUT2D eigenvalue weighted by Crippen LogP contribution is -2.04. The van der Waals surface area contributed by atoms with Crippen molar-refractivity contribution >= 4 is 11.4 Å². The van der Waals surface area contributed by atoms with Crippen molar-refractivity contribution in [3.63, 3.8) is 0 Å². The van der Waals surface area contributed by atoms with Crippen molar-refractivity contribution < 1.29 is 17.7 Å². The lowest BCUT2D eigenvalue weighted by atomic mass is 10.5. The minimum absolute atomic E-state index is 0.247. The third-order valence-electron chi connectivity index (χ3n) is 1.09. The van der Waals surface area contributed by atoms with Crippen LogP contribution < -0.4 is 0 Å². The summed E-state index contributed by atoms with van der Waals surface area (Å²) in [7, 11) is 0. The molecule has 0 aromatic heterocycles. The van der Waals surface area contributed by atoms with Crippen LogP contribution in [0.2, 0.25) is 0 Å². The molecule has 0 aliphatic carbocycles. The average Bonchev–Trinajstić information content (AvgIpc) is 2.02. The Kier molecular flexibility index (Phi) is 7.03. The van der Waals surface area contributed by atoms with Gasteiger partial charge in [0.1, 0.15) is 12.4 Å². The van der Waals surface area contributed by atoms with Crippen molar-refractivity contribution in [1.29, 1.82) is 0 Å². The van der Waals surface area contributed by atoms with E-state index in [1.54, 1.807) is 13.0 Å². The van der Waals surface area contributed by atoms with Crippen molar-refractivity contribution in [2.45, 2.75) is 20.3 Å². The maximum absolute atomic E-state index is 10.2. The molecule has 0 heterocycles. The quantitative estimate of drug-likeness (QED) is 0.395. The third kappa shape index (κ3) is 6.33. The molecule has 72 valence electrons. The highest BCUT2D eigenvalue weighted by atomic mass is 32.2. The van der Waals surface area contributed by atoms with Gasteiger partial charge in [0.05, 0.1) is 0 Å². The first-order valence-electron chi connectivity index (χ1n) is 3.72. The highest BCUT2D eigenvalue weighted by Gasteiger charge is 2.00. The van der Waals surface area contributed by atoms with E-state index in [9.17, 15) is 4.21 Å². The van der Waals surface area contributed by atoms with Gasteiger partial charge in [0, 0.05) is 6.61 Å². The van der Waals surface area contributed by atoms with E-state index in [1.165, 1.54) is 0 Å². The molecule has 0 radical (unpaired) electrons. The second-order valence-electron chi connectivity index (χ2n) is 2.11. The highest BCUT2D eigenvalue weighted by molar-refractivity contribution is 7.74. The van der Waals surface area contributed by atoms with E-state index in [-0.39, 0.29) is 6.61 Å². The average molecular weight is 194 g/mol. The second-order valence-corrected chi connectivity index (χ2v) is 2.71. The Morgan fingerprint density at radius 3 is 2.75 bits per heavy atom. The summed E-state index contributed by atoms with van der Waals surface area (Å²) in [5.74, 6) is 0.379. The summed E-state index contributed by atoms with van der Waals surface area (Å²) in [5.41, 5.74) is 0. The summed E-state index contributed by atoms with van der Waals surface area (Å²) in [4.78, 5) is 0. The SMILES string of the molecule is CC=C(COCCC)OS(=O)O. The van der Waals surface area contributed by atoms with E-state index < -0.39 is 11.4 Å². The van der Waals surface area contributed by atoms with Crippen molar-refractivity contribution in [1.82, 2.24) is 0 Å². The molecule has 0 aromatic carbocycles. The van der Waals surface area contributed by atoms with Crippen molar-refractivity contribution in [3.8, 4) is 0 Å². The number of allylic oxidation sites excluding steroid dienone is 1. The summed E-state index contributed by atoms with van der Waals surface area (Å²) in [6.07, 6.45) is 2.52. The maximum atomic E-state index is 10.2. The van der Waals surface area contributed by atoms with Crippen LogP contribution in [-0.2, 0) is 20.3 Å². The van der Waals surface area contributed by atoms with Gasteiger partial charge in [-0.25, -0.2) is 0 Å². The zero-order chi connectivity index (χ0) is 9.40. The molecule has 0 fully saturated rings. The zero-order valence-corrected chi connectivity index (χ0v) is 8.10. The Balaban J connectivity index is 3.62. The minimum Gasteiger partial charge on any atom is -0.383 e. The molecular formula is C7H14O4S. The molecule has 0 rings (SSSR count). The summed E-state index contributed by atoms with van der Waals surface area (Å²) in [6, 6.07) is 0. The lowest BCUT2D eigenvalue weighted by molar-refractivity contribution is 0.133. The van der Waals surface area contributed by atoms with E-state index in [2.05, 4.69) is 4.18 Å². The lowest BCUT2D eigenvalue weighted by Gasteiger charge is -2.05. The van der Waals surface area contributed by atoms with Crippen LogP contribution in [0.5, 0.6) is 0 Å². The molecule has 0 aliphatic rings. The first-order valence-corrected chi connectivity index (χ1v) is 4.76. The Morgan fingerprint density at radius 2 is 2.33 bits per heavy atom. The Morgan fingerprint density at radius 1 is 1.67 bits per heavy atom. The van der Waals surface area contributed by atoms with Crippen LogP contribution in [0, 0.1) is 0 Å². The Bertz CT molecular complexity index is 167. The molecule has 0 bridgehead atoms. The van der Waals surface area contributed by atoms with Gasteiger partial charge in [-0.1, -0.05) is 6.92 Å². The largest absolute Gasteiger partial charge is 0.383 e. The molecule has 4 nitrogen and oxygen atoms in total. The monoisotopic (exact) mass is 194 g/mol. The van der Waals surface area contributed by atoms with Gasteiger partial charge in [0.25, 0.3) is 0 Å². The van der Waals surface area contributed by atoms with Crippen LogP contribution in [0.25, 0.3) is 0 Å². The fraction of sp³-hybridized carbons (Fsp3) is 0.714. The predicted molar refractivity (Wildman–Crippen MR) is 46.7 cm³/mol. The van der Waals surface area contributed by atoms with Gasteiger partial charge in [-0.2, -0.15) is 4.21 Å². The molecule has 5 heteroatoms. The van der Waals surface area contributed by atoms with Gasteiger partial charge < -0.3 is 8.92 Å². The summed E-state index contributed by atoms with van der Waals surface area (Å²) in [5, 5.41) is 0. The molecule has 1 N–H and O–H groups in total. The fourth-order valence-corrected chi connectivity index (χ4v) is 0.892. The van der Waals surface area contributed by atoms with Gasteiger partial charge in [0.15, 0.2) is 0 Å². The predicted octanol–water partition coefficient (Wildman–Crippen LogP) is 1.47. The van der Waals surface area contributed by atoms with E-state index in [0.29, 0.717) is 12.4 Å². The van der Waals surface area contributed by atoms with Gasteiger partial charge >= 0.3 is 11.4 Å². The molecule has 0 saturated heterocycles. The maximum Gasteiger partial charge on any atom is 0.357 e. The van der Waals surface area contributed by atoms with Crippen LogP contribution in [0.3, 0.4) is 0 Å². The number of rotatable bonds is 6. The standard InChI is InChI=1S/C7H14O4S/c1-3-5-10-6-7(4-2)11-12(8)9/h4H,3,5-6H2,1-2H3,(H,8,9). The van der Waals surface area contributed by atoms with Crippen LogP contribution in [0.1, 0.15) is 20.3 Å². The van der Waals surface area contributed by atoms with Gasteiger partial charge in [-0.15, -0.1) is 0 Å². The van der Waals surface area contributed by atoms with Crippen LogP contribution in [-0.4, -0.2) is 22.0 Å². The molecular weight excluding hydrogens is 180 g/mol. The summed E-state index contributed by atoms with van der Waals surface area (Å²) in [6.45, 7) is 4.58. The topological polar surface area (TPSA) is 55.8 Å². The van der Waals surface area contributed by atoms with E-state index in [1.807, 2.05) is 6.92 Å². The Hall–Kier alpha value is -0.390. The Labute approximate surface area is 75.1 Å². The third-order valence-corrected chi connectivity index (χ3v) is 1.45. The van der Waals surface area contributed by atoms with E-state index in [4.69, 9.17) is 9.29 Å². The van der Waals surface area contributed by atoms with Gasteiger partial charge in [-0.3, -0.25) is 4.55 Å². The minimum atomic E-state index is -2.25. The van der Waals surface area contributed by atoms with Crippen LogP contribution in [0.15, 0.2) is 11.8 Å². The molecule has 0 spiro atoms. The van der Waals surface area contributed by atoms with E-state index >= 15 is 0 Å². The normalized spacial score (nSPS) is 14.4. The van der Waals surface area contributed by atoms with E-state index in [0.717, 1.165) is 6.42 Å².